The highest BCUT2D eigenvalue weighted by atomic mass is 16.6. The first-order valence-electron chi connectivity index (χ1n) is 6.68. The molecule has 0 spiro atoms. The molecule has 0 fully saturated rings. The van der Waals surface area contributed by atoms with Crippen molar-refractivity contribution in [3.8, 4) is 0 Å². The van der Waals surface area contributed by atoms with Crippen LogP contribution in [0.1, 0.15) is 23.7 Å². The van der Waals surface area contributed by atoms with Crippen LogP contribution in [0.4, 0.5) is 11.4 Å². The number of carbonyl (C=O) groups is 1. The Labute approximate surface area is 126 Å². The molecule has 0 bridgehead atoms. The molecule has 0 aromatic heterocycles. The summed E-state index contributed by atoms with van der Waals surface area (Å²) in [6, 6.07) is 3.24. The molecule has 114 valence electrons. The summed E-state index contributed by atoms with van der Waals surface area (Å²) in [5.41, 5.74) is -0.627. The van der Waals surface area contributed by atoms with Crippen LogP contribution in [-0.4, -0.2) is 17.0 Å². The maximum atomic E-state index is 12.1. The highest BCUT2D eigenvalue weighted by Gasteiger charge is 2.22. The zero-order valence-electron chi connectivity index (χ0n) is 11.8. The fraction of sp³-hybridized carbons (Fsp3) is 0.267. The maximum Gasteiger partial charge on any atom is 0.338 e. The number of carbonyl (C=O) groups excluding carboxylic acids is 1. The molecule has 2 unspecified atom stereocenters. The molecule has 0 saturated heterocycles. The molecule has 2 atom stereocenters. The van der Waals surface area contributed by atoms with Crippen LogP contribution in [0.2, 0.25) is 0 Å². The Morgan fingerprint density at radius 2 is 2.18 bits per heavy atom. The topological polar surface area (TPSA) is 98.9 Å². The van der Waals surface area contributed by atoms with Gasteiger partial charge in [-0.05, 0) is 24.6 Å². The van der Waals surface area contributed by atoms with Gasteiger partial charge in [0.2, 0.25) is 0 Å². The first kappa shape index (κ1) is 15.6. The predicted octanol–water partition coefficient (Wildman–Crippen LogP) is 3.67. The highest BCUT2D eigenvalue weighted by molar-refractivity contribution is 5.91. The standard InChI is InChI=1S/C15H14N2O5/c1-10(11-5-3-2-4-6-11)22-15(18)12-7-13(16-19)9-14(8-12)17(20)21/h2-5,7-11H,6H2,1H3. The molecule has 22 heavy (non-hydrogen) atoms. The van der Waals surface area contributed by atoms with E-state index in [0.29, 0.717) is 0 Å². The van der Waals surface area contributed by atoms with E-state index in [1.807, 2.05) is 24.3 Å². The number of rotatable bonds is 5. The lowest BCUT2D eigenvalue weighted by molar-refractivity contribution is -0.384. The second-order valence-electron chi connectivity index (χ2n) is 4.91. The summed E-state index contributed by atoms with van der Waals surface area (Å²) in [4.78, 5) is 32.8. The van der Waals surface area contributed by atoms with Crippen molar-refractivity contribution in [1.29, 1.82) is 0 Å². The summed E-state index contributed by atoms with van der Waals surface area (Å²) in [5, 5.41) is 13.4. The van der Waals surface area contributed by atoms with Crippen LogP contribution in [-0.2, 0) is 4.74 Å². The van der Waals surface area contributed by atoms with Crippen LogP contribution in [0.15, 0.2) is 47.7 Å². The molecule has 1 aliphatic carbocycles. The summed E-state index contributed by atoms with van der Waals surface area (Å²) in [7, 11) is 0. The third-order valence-electron chi connectivity index (χ3n) is 3.36. The molecule has 7 nitrogen and oxygen atoms in total. The van der Waals surface area contributed by atoms with Crippen LogP contribution >= 0.6 is 0 Å². The van der Waals surface area contributed by atoms with Crippen LogP contribution in [0, 0.1) is 20.9 Å². The van der Waals surface area contributed by atoms with Gasteiger partial charge in [-0.1, -0.05) is 24.3 Å². The highest BCUT2D eigenvalue weighted by Crippen LogP contribution is 2.25. The monoisotopic (exact) mass is 302 g/mol. The Balaban J connectivity index is 2.16. The van der Waals surface area contributed by atoms with E-state index in [1.54, 1.807) is 6.92 Å². The Kier molecular flexibility index (Phi) is 4.77. The van der Waals surface area contributed by atoms with Crippen molar-refractivity contribution in [2.45, 2.75) is 19.4 Å². The number of hydrogen-bond acceptors (Lipinski definition) is 6. The second kappa shape index (κ2) is 6.75. The molecule has 2 rings (SSSR count). The lowest BCUT2D eigenvalue weighted by Crippen LogP contribution is -2.23. The van der Waals surface area contributed by atoms with Crippen molar-refractivity contribution in [2.75, 3.05) is 0 Å². The molecular formula is C15H14N2O5. The maximum absolute atomic E-state index is 12.1. The van der Waals surface area contributed by atoms with Gasteiger partial charge in [-0.2, -0.15) is 0 Å². The molecule has 1 aliphatic rings. The third-order valence-corrected chi connectivity index (χ3v) is 3.36. The first-order valence-corrected chi connectivity index (χ1v) is 6.68. The Hall–Kier alpha value is -2.83. The number of nitro benzene ring substituents is 1. The van der Waals surface area contributed by atoms with E-state index in [1.165, 1.54) is 6.07 Å². The minimum atomic E-state index is -0.718. The molecule has 0 saturated carbocycles. The largest absolute Gasteiger partial charge is 0.458 e. The molecule has 1 aromatic carbocycles. The summed E-state index contributed by atoms with van der Waals surface area (Å²) in [5.74, 6) is -0.666. The molecule has 0 N–H and O–H groups in total. The third kappa shape index (κ3) is 3.63. The van der Waals surface area contributed by atoms with E-state index < -0.39 is 10.9 Å². The number of esters is 1. The van der Waals surface area contributed by atoms with Crippen LogP contribution < -0.4 is 0 Å². The van der Waals surface area contributed by atoms with Gasteiger partial charge in [-0.15, -0.1) is 4.91 Å². The molecule has 7 heteroatoms. The van der Waals surface area contributed by atoms with Gasteiger partial charge in [0, 0.05) is 18.1 Å². The zero-order valence-corrected chi connectivity index (χ0v) is 11.8. The normalized spacial score (nSPS) is 17.8. The lowest BCUT2D eigenvalue weighted by atomic mass is 9.96. The Bertz CT molecular complexity index is 666. The van der Waals surface area contributed by atoms with Crippen molar-refractivity contribution < 1.29 is 14.5 Å². The van der Waals surface area contributed by atoms with Crippen LogP contribution in [0.3, 0.4) is 0 Å². The molecule has 0 radical (unpaired) electrons. The fourth-order valence-corrected chi connectivity index (χ4v) is 2.14. The summed E-state index contributed by atoms with van der Waals surface area (Å²) >= 11 is 0. The lowest BCUT2D eigenvalue weighted by Gasteiger charge is -2.21. The van der Waals surface area contributed by atoms with Crippen molar-refractivity contribution in [1.82, 2.24) is 0 Å². The van der Waals surface area contributed by atoms with Crippen molar-refractivity contribution in [3.63, 3.8) is 0 Å². The van der Waals surface area contributed by atoms with E-state index in [0.717, 1.165) is 18.6 Å². The number of nitrogens with zero attached hydrogens (tertiary/aromatic N) is 2. The van der Waals surface area contributed by atoms with E-state index in [4.69, 9.17) is 4.74 Å². The van der Waals surface area contributed by atoms with Crippen molar-refractivity contribution in [3.05, 3.63) is 63.1 Å². The molecule has 0 amide bonds. The summed E-state index contributed by atoms with van der Waals surface area (Å²) in [6.07, 6.45) is 8.05. The van der Waals surface area contributed by atoms with Gasteiger partial charge in [-0.25, -0.2) is 4.79 Å². The van der Waals surface area contributed by atoms with E-state index in [-0.39, 0.29) is 29.0 Å². The number of non-ortho nitro benzene ring substituents is 1. The van der Waals surface area contributed by atoms with E-state index in [2.05, 4.69) is 5.18 Å². The summed E-state index contributed by atoms with van der Waals surface area (Å²) in [6.45, 7) is 1.75. The quantitative estimate of drug-likeness (QED) is 0.357. The second-order valence-corrected chi connectivity index (χ2v) is 4.91. The minimum Gasteiger partial charge on any atom is -0.458 e. The number of nitro groups is 1. The zero-order chi connectivity index (χ0) is 16.1. The SMILES string of the molecule is CC(OC(=O)c1cc(N=O)cc([N+](=O)[O-])c1)C1C=CC=CC1. The van der Waals surface area contributed by atoms with Crippen molar-refractivity contribution >= 4 is 17.3 Å². The fourth-order valence-electron chi connectivity index (χ4n) is 2.14. The van der Waals surface area contributed by atoms with Gasteiger partial charge < -0.3 is 4.74 Å². The van der Waals surface area contributed by atoms with E-state index >= 15 is 0 Å². The summed E-state index contributed by atoms with van der Waals surface area (Å²) < 4.78 is 5.32. The Morgan fingerprint density at radius 3 is 2.77 bits per heavy atom. The predicted molar refractivity (Wildman–Crippen MR) is 79.8 cm³/mol. The average Bonchev–Trinajstić information content (AvgIpc) is 2.54. The number of ether oxygens (including phenoxy) is 1. The number of nitroso groups, excluding NO2 is 1. The molecule has 0 heterocycles. The number of hydrogen-bond donors (Lipinski definition) is 0. The van der Waals surface area contributed by atoms with Gasteiger partial charge in [0.25, 0.3) is 5.69 Å². The van der Waals surface area contributed by atoms with Gasteiger partial charge in [0.05, 0.1) is 10.5 Å². The van der Waals surface area contributed by atoms with Gasteiger partial charge >= 0.3 is 5.97 Å². The van der Waals surface area contributed by atoms with Gasteiger partial charge in [0.1, 0.15) is 11.8 Å². The number of allylic oxidation sites excluding steroid dienone is 3. The first-order chi connectivity index (χ1) is 10.5. The average molecular weight is 302 g/mol. The smallest absolute Gasteiger partial charge is 0.338 e. The van der Waals surface area contributed by atoms with Crippen LogP contribution in [0.25, 0.3) is 0 Å². The Morgan fingerprint density at radius 1 is 1.41 bits per heavy atom. The van der Waals surface area contributed by atoms with E-state index in [9.17, 15) is 19.8 Å². The molecular weight excluding hydrogens is 288 g/mol. The van der Waals surface area contributed by atoms with Gasteiger partial charge in [0.15, 0.2) is 0 Å². The molecule has 1 aromatic rings. The van der Waals surface area contributed by atoms with Crippen LogP contribution in [0.5, 0.6) is 0 Å². The van der Waals surface area contributed by atoms with Crippen molar-refractivity contribution in [2.24, 2.45) is 11.1 Å². The number of benzene rings is 1. The van der Waals surface area contributed by atoms with Gasteiger partial charge in [-0.3, -0.25) is 10.1 Å². The molecule has 0 aliphatic heterocycles. The minimum absolute atomic E-state index is 0.0521.